The molecule has 1 aromatic rings. The second-order valence-electron chi connectivity index (χ2n) is 4.52. The fourth-order valence-electron chi connectivity index (χ4n) is 2.37. The summed E-state index contributed by atoms with van der Waals surface area (Å²) in [6, 6.07) is 10.6. The van der Waals surface area contributed by atoms with Crippen molar-refractivity contribution in [2.45, 2.75) is 37.6 Å². The van der Waals surface area contributed by atoms with E-state index in [1.807, 2.05) is 0 Å². The van der Waals surface area contributed by atoms with E-state index in [0.29, 0.717) is 24.2 Å². The summed E-state index contributed by atoms with van der Waals surface area (Å²) in [7, 11) is 0. The lowest BCUT2D eigenvalue weighted by Gasteiger charge is -2.26. The molecule has 2 fully saturated rings. The molecule has 4 atom stereocenters. The molecule has 2 heteroatoms. The molecule has 80 valence electrons. The Hall–Kier alpha value is -0.860. The first kappa shape index (κ1) is 9.37. The fourth-order valence-corrected chi connectivity index (χ4v) is 2.37. The number of rotatable bonds is 2. The molecule has 0 radical (unpaired) electrons. The minimum Gasteiger partial charge on any atom is -0.375 e. The number of epoxide rings is 1. The van der Waals surface area contributed by atoms with Gasteiger partial charge in [-0.1, -0.05) is 37.3 Å². The predicted octanol–water partition coefficient (Wildman–Crippen LogP) is 2.35. The van der Waals surface area contributed by atoms with Gasteiger partial charge in [0, 0.05) is 12.3 Å². The molecule has 15 heavy (non-hydrogen) atoms. The Labute approximate surface area is 90.2 Å². The van der Waals surface area contributed by atoms with Crippen molar-refractivity contribution in [1.29, 1.82) is 0 Å². The number of fused-ring (bicyclic) bond motifs is 1. The molecule has 3 unspecified atom stereocenters. The highest BCUT2D eigenvalue weighted by Gasteiger charge is 2.46. The number of hydrogen-bond acceptors (Lipinski definition) is 2. The normalized spacial score (nSPS) is 35.7. The quantitative estimate of drug-likeness (QED) is 0.690. The van der Waals surface area contributed by atoms with Crippen molar-refractivity contribution in [2.24, 2.45) is 0 Å². The van der Waals surface area contributed by atoms with Gasteiger partial charge < -0.3 is 9.47 Å². The van der Waals surface area contributed by atoms with Gasteiger partial charge in [0.15, 0.2) is 0 Å². The van der Waals surface area contributed by atoms with E-state index < -0.39 is 0 Å². The van der Waals surface area contributed by atoms with Crippen LogP contribution in [-0.4, -0.2) is 24.9 Å². The third-order valence-electron chi connectivity index (χ3n) is 3.51. The maximum atomic E-state index is 5.82. The van der Waals surface area contributed by atoms with Crippen LogP contribution in [0.25, 0.3) is 0 Å². The minimum absolute atomic E-state index is 0.330. The van der Waals surface area contributed by atoms with Gasteiger partial charge in [0.05, 0.1) is 18.8 Å². The molecule has 2 heterocycles. The zero-order valence-electron chi connectivity index (χ0n) is 8.93. The Morgan fingerprint density at radius 1 is 1.20 bits per heavy atom. The van der Waals surface area contributed by atoms with Gasteiger partial charge in [-0.15, -0.1) is 0 Å². The van der Waals surface area contributed by atoms with Gasteiger partial charge in [0.2, 0.25) is 0 Å². The number of ether oxygens (including phenoxy) is 2. The van der Waals surface area contributed by atoms with Crippen molar-refractivity contribution in [3.05, 3.63) is 35.9 Å². The SMILES string of the molecule is CC(c1ccccc1)[C@@H]1CC2OC2CO1. The van der Waals surface area contributed by atoms with E-state index in [1.54, 1.807) is 0 Å². The van der Waals surface area contributed by atoms with Crippen LogP contribution in [0, 0.1) is 0 Å². The molecule has 2 aliphatic rings. The highest BCUT2D eigenvalue weighted by molar-refractivity contribution is 5.20. The molecule has 0 N–H and O–H groups in total. The van der Waals surface area contributed by atoms with Gasteiger partial charge in [-0.05, 0) is 5.56 Å². The monoisotopic (exact) mass is 204 g/mol. The first-order valence-corrected chi connectivity index (χ1v) is 5.66. The van der Waals surface area contributed by atoms with E-state index in [9.17, 15) is 0 Å². The maximum absolute atomic E-state index is 5.82. The molecule has 1 aromatic carbocycles. The van der Waals surface area contributed by atoms with Crippen molar-refractivity contribution in [1.82, 2.24) is 0 Å². The Kier molecular flexibility index (Phi) is 2.26. The number of benzene rings is 1. The predicted molar refractivity (Wildman–Crippen MR) is 57.9 cm³/mol. The van der Waals surface area contributed by atoms with Gasteiger partial charge in [-0.25, -0.2) is 0 Å². The van der Waals surface area contributed by atoms with Gasteiger partial charge in [0.1, 0.15) is 6.10 Å². The smallest absolute Gasteiger partial charge is 0.108 e. The van der Waals surface area contributed by atoms with E-state index in [0.717, 1.165) is 13.0 Å². The van der Waals surface area contributed by atoms with E-state index in [2.05, 4.69) is 37.3 Å². The van der Waals surface area contributed by atoms with Crippen LogP contribution in [-0.2, 0) is 9.47 Å². The Bertz CT molecular complexity index is 336. The lowest BCUT2D eigenvalue weighted by molar-refractivity contribution is 0.0156. The van der Waals surface area contributed by atoms with Crippen LogP contribution in [0.3, 0.4) is 0 Å². The summed E-state index contributed by atoms with van der Waals surface area (Å²) in [5, 5.41) is 0. The van der Waals surface area contributed by atoms with Crippen molar-refractivity contribution < 1.29 is 9.47 Å². The summed E-state index contributed by atoms with van der Waals surface area (Å²) >= 11 is 0. The standard InChI is InChI=1S/C13H16O2/c1-9(10-5-3-2-4-6-10)11-7-12-13(15-12)8-14-11/h2-6,9,11-13H,7-8H2,1H3/t9?,11-,12?,13?/m0/s1. The average Bonchev–Trinajstić information content (AvgIpc) is 3.07. The van der Waals surface area contributed by atoms with E-state index in [-0.39, 0.29) is 0 Å². The maximum Gasteiger partial charge on any atom is 0.108 e. The van der Waals surface area contributed by atoms with Crippen molar-refractivity contribution >= 4 is 0 Å². The highest BCUT2D eigenvalue weighted by atomic mass is 16.6. The van der Waals surface area contributed by atoms with Crippen LogP contribution in [0.4, 0.5) is 0 Å². The zero-order chi connectivity index (χ0) is 10.3. The Morgan fingerprint density at radius 2 is 2.00 bits per heavy atom. The molecular weight excluding hydrogens is 188 g/mol. The summed E-state index contributed by atoms with van der Waals surface area (Å²) in [4.78, 5) is 0. The van der Waals surface area contributed by atoms with Gasteiger partial charge in [-0.3, -0.25) is 0 Å². The second kappa shape index (κ2) is 3.62. The van der Waals surface area contributed by atoms with Crippen LogP contribution in [0.15, 0.2) is 30.3 Å². The van der Waals surface area contributed by atoms with E-state index in [1.165, 1.54) is 5.56 Å². The molecule has 2 saturated heterocycles. The molecule has 0 saturated carbocycles. The Balaban J connectivity index is 1.71. The van der Waals surface area contributed by atoms with Crippen LogP contribution in [0.1, 0.15) is 24.8 Å². The molecule has 0 spiro atoms. The third kappa shape index (κ3) is 1.80. The van der Waals surface area contributed by atoms with Crippen LogP contribution in [0.5, 0.6) is 0 Å². The minimum atomic E-state index is 0.330. The number of hydrogen-bond donors (Lipinski definition) is 0. The molecule has 0 aromatic heterocycles. The molecular formula is C13H16O2. The van der Waals surface area contributed by atoms with Crippen LogP contribution in [0.2, 0.25) is 0 Å². The summed E-state index contributed by atoms with van der Waals surface area (Å²) in [6.45, 7) is 3.02. The average molecular weight is 204 g/mol. The second-order valence-corrected chi connectivity index (χ2v) is 4.52. The molecule has 2 nitrogen and oxygen atoms in total. The van der Waals surface area contributed by atoms with Crippen LogP contribution >= 0.6 is 0 Å². The largest absolute Gasteiger partial charge is 0.375 e. The molecule has 0 bridgehead atoms. The molecule has 0 aliphatic carbocycles. The summed E-state index contributed by atoms with van der Waals surface area (Å²) in [5.41, 5.74) is 1.36. The molecule has 2 aliphatic heterocycles. The van der Waals surface area contributed by atoms with E-state index >= 15 is 0 Å². The summed E-state index contributed by atoms with van der Waals surface area (Å²) in [5.74, 6) is 0.469. The molecule has 0 amide bonds. The van der Waals surface area contributed by atoms with Crippen LogP contribution < -0.4 is 0 Å². The third-order valence-corrected chi connectivity index (χ3v) is 3.51. The first-order valence-electron chi connectivity index (χ1n) is 5.66. The first-order chi connectivity index (χ1) is 7.34. The van der Waals surface area contributed by atoms with Crippen molar-refractivity contribution in [3.8, 4) is 0 Å². The van der Waals surface area contributed by atoms with Gasteiger partial charge in [-0.2, -0.15) is 0 Å². The lowest BCUT2D eigenvalue weighted by Crippen LogP contribution is -2.29. The Morgan fingerprint density at radius 3 is 2.73 bits per heavy atom. The zero-order valence-corrected chi connectivity index (χ0v) is 8.93. The lowest BCUT2D eigenvalue weighted by atomic mass is 9.91. The molecule has 3 rings (SSSR count). The van der Waals surface area contributed by atoms with Crippen molar-refractivity contribution in [2.75, 3.05) is 6.61 Å². The van der Waals surface area contributed by atoms with E-state index in [4.69, 9.17) is 9.47 Å². The van der Waals surface area contributed by atoms with Gasteiger partial charge >= 0.3 is 0 Å². The summed E-state index contributed by atoms with van der Waals surface area (Å²) in [6.07, 6.45) is 2.27. The highest BCUT2D eigenvalue weighted by Crippen LogP contribution is 2.37. The van der Waals surface area contributed by atoms with Gasteiger partial charge in [0.25, 0.3) is 0 Å². The van der Waals surface area contributed by atoms with Crippen molar-refractivity contribution in [3.63, 3.8) is 0 Å². The fraction of sp³-hybridized carbons (Fsp3) is 0.538. The summed E-state index contributed by atoms with van der Waals surface area (Å²) < 4.78 is 11.3. The topological polar surface area (TPSA) is 21.8 Å².